The van der Waals surface area contributed by atoms with Crippen LogP contribution in [0.5, 0.6) is 0 Å². The van der Waals surface area contributed by atoms with Crippen molar-refractivity contribution in [2.75, 3.05) is 26.4 Å². The molecular weight excluding hydrogens is 750 g/mol. The number of phosphoric acid groups is 1. The maximum absolute atomic E-state index is 12.6. The second-order valence-corrected chi connectivity index (χ2v) is 18.1. The lowest BCUT2D eigenvalue weighted by Crippen LogP contribution is -2.29. The van der Waals surface area contributed by atoms with Gasteiger partial charge >= 0.3 is 19.8 Å². The van der Waals surface area contributed by atoms with E-state index in [0.717, 1.165) is 32.1 Å². The fourth-order valence-corrected chi connectivity index (χ4v) is 7.99. The van der Waals surface area contributed by atoms with Crippen LogP contribution in [0.4, 0.5) is 0 Å². The molecule has 0 heterocycles. The minimum atomic E-state index is -4.37. The number of unbranched alkanes of at least 4 members (excludes halogenated alkanes) is 32. The van der Waals surface area contributed by atoms with Crippen molar-refractivity contribution in [1.29, 1.82) is 0 Å². The van der Waals surface area contributed by atoms with Crippen LogP contribution < -0.4 is 5.73 Å². The molecule has 0 amide bonds. The predicted octanol–water partition coefficient (Wildman–Crippen LogP) is 14.6. The van der Waals surface area contributed by atoms with E-state index in [1.165, 1.54) is 186 Å². The molecular formula is C48H94NO8P. The van der Waals surface area contributed by atoms with Crippen LogP contribution in [0, 0.1) is 0 Å². The van der Waals surface area contributed by atoms with Gasteiger partial charge in [-0.3, -0.25) is 18.6 Å². The summed E-state index contributed by atoms with van der Waals surface area (Å²) in [5.74, 6) is -0.814. The van der Waals surface area contributed by atoms with Crippen molar-refractivity contribution in [2.24, 2.45) is 5.73 Å². The zero-order chi connectivity index (χ0) is 42.5. The van der Waals surface area contributed by atoms with Crippen LogP contribution in [0.2, 0.25) is 0 Å². The van der Waals surface area contributed by atoms with Crippen molar-refractivity contribution in [1.82, 2.24) is 0 Å². The van der Waals surface area contributed by atoms with E-state index in [2.05, 4.69) is 26.0 Å². The van der Waals surface area contributed by atoms with E-state index in [1.54, 1.807) is 0 Å². The van der Waals surface area contributed by atoms with Gasteiger partial charge in [-0.15, -0.1) is 0 Å². The molecule has 0 fully saturated rings. The monoisotopic (exact) mass is 844 g/mol. The maximum atomic E-state index is 12.6. The lowest BCUT2D eigenvalue weighted by molar-refractivity contribution is -0.161. The van der Waals surface area contributed by atoms with Crippen LogP contribution in [-0.2, 0) is 32.7 Å². The van der Waals surface area contributed by atoms with Crippen LogP contribution >= 0.6 is 7.82 Å². The average Bonchev–Trinajstić information content (AvgIpc) is 3.21. The SMILES string of the molecule is CCCCCCCC/C=C/CCCCCCCCCCCCCC(=O)O[C@H](COC(=O)CCCCCCCCCCCCCCCCCC)COP(=O)(O)OCCN. The number of hydrogen-bond acceptors (Lipinski definition) is 8. The van der Waals surface area contributed by atoms with Gasteiger partial charge in [0.05, 0.1) is 13.2 Å². The smallest absolute Gasteiger partial charge is 0.462 e. The molecule has 0 bridgehead atoms. The fourth-order valence-electron chi connectivity index (χ4n) is 7.22. The van der Waals surface area contributed by atoms with E-state index < -0.39 is 26.5 Å². The highest BCUT2D eigenvalue weighted by Crippen LogP contribution is 2.43. The van der Waals surface area contributed by atoms with Crippen molar-refractivity contribution < 1.29 is 37.6 Å². The van der Waals surface area contributed by atoms with Gasteiger partial charge in [0.1, 0.15) is 6.61 Å². The molecule has 0 aromatic carbocycles. The molecule has 344 valence electrons. The Morgan fingerprint density at radius 1 is 0.500 bits per heavy atom. The Balaban J connectivity index is 4.03. The number of ether oxygens (including phenoxy) is 2. The standard InChI is InChI=1S/C48H94NO8P/c1-3-5-7-9-11-13-15-17-19-21-22-23-24-25-27-29-31-33-35-37-39-41-48(51)57-46(45-56-58(52,53)55-43-42-49)44-54-47(50)40-38-36-34-32-30-28-26-20-18-16-14-12-10-8-6-4-2/h17,19,46H,3-16,18,20-45,49H2,1-2H3,(H,52,53)/b19-17+/t46-/m1/s1. The molecule has 0 aromatic rings. The minimum absolute atomic E-state index is 0.0565. The number of carbonyl (C=O) groups excluding carboxylic acids is 2. The van der Waals surface area contributed by atoms with Crippen molar-refractivity contribution in [2.45, 2.75) is 258 Å². The summed E-state index contributed by atoms with van der Waals surface area (Å²) in [5.41, 5.74) is 5.36. The van der Waals surface area contributed by atoms with Gasteiger partial charge < -0.3 is 20.1 Å². The maximum Gasteiger partial charge on any atom is 0.472 e. The molecule has 0 saturated carbocycles. The number of phosphoric ester groups is 1. The third-order valence-electron chi connectivity index (χ3n) is 10.9. The van der Waals surface area contributed by atoms with Crippen LogP contribution in [0.3, 0.4) is 0 Å². The Kier molecular flexibility index (Phi) is 44.3. The summed E-state index contributed by atoms with van der Waals surface area (Å²) >= 11 is 0. The number of allylic oxidation sites excluding steroid dienone is 2. The molecule has 0 aromatic heterocycles. The summed E-state index contributed by atoms with van der Waals surface area (Å²) in [6.07, 6.45) is 48.1. The predicted molar refractivity (Wildman–Crippen MR) is 243 cm³/mol. The Morgan fingerprint density at radius 3 is 1.22 bits per heavy atom. The lowest BCUT2D eigenvalue weighted by atomic mass is 10.0. The largest absolute Gasteiger partial charge is 0.472 e. The van der Waals surface area contributed by atoms with E-state index in [9.17, 15) is 19.0 Å². The molecule has 0 aliphatic carbocycles. The Morgan fingerprint density at radius 2 is 0.845 bits per heavy atom. The number of carbonyl (C=O) groups is 2. The van der Waals surface area contributed by atoms with Gasteiger partial charge in [-0.2, -0.15) is 0 Å². The second kappa shape index (κ2) is 45.3. The third kappa shape index (κ3) is 44.3. The van der Waals surface area contributed by atoms with Gasteiger partial charge in [0.2, 0.25) is 0 Å². The normalized spacial score (nSPS) is 13.2. The van der Waals surface area contributed by atoms with Crippen molar-refractivity contribution >= 4 is 19.8 Å². The van der Waals surface area contributed by atoms with Gasteiger partial charge in [0, 0.05) is 19.4 Å². The lowest BCUT2D eigenvalue weighted by Gasteiger charge is -2.19. The van der Waals surface area contributed by atoms with Crippen LogP contribution in [0.25, 0.3) is 0 Å². The molecule has 3 N–H and O–H groups in total. The summed E-state index contributed by atoms with van der Waals surface area (Å²) in [4.78, 5) is 35.0. The molecule has 9 nitrogen and oxygen atoms in total. The van der Waals surface area contributed by atoms with Gasteiger partial charge in [0.25, 0.3) is 0 Å². The molecule has 1 unspecified atom stereocenters. The first kappa shape index (κ1) is 56.8. The zero-order valence-electron chi connectivity index (χ0n) is 38.1. The third-order valence-corrected chi connectivity index (χ3v) is 11.9. The highest BCUT2D eigenvalue weighted by Gasteiger charge is 2.26. The molecule has 2 atom stereocenters. The summed E-state index contributed by atoms with van der Waals surface area (Å²) in [5, 5.41) is 0. The van der Waals surface area contributed by atoms with Crippen molar-refractivity contribution in [3.63, 3.8) is 0 Å². The molecule has 0 radical (unpaired) electrons. The molecule has 0 saturated heterocycles. The van der Waals surface area contributed by atoms with Crippen molar-refractivity contribution in [3.05, 3.63) is 12.2 Å². The van der Waals surface area contributed by atoms with Crippen LogP contribution in [-0.4, -0.2) is 49.3 Å². The topological polar surface area (TPSA) is 134 Å². The summed E-state index contributed by atoms with van der Waals surface area (Å²) in [6, 6.07) is 0. The van der Waals surface area contributed by atoms with Crippen LogP contribution in [0.15, 0.2) is 12.2 Å². The van der Waals surface area contributed by atoms with Gasteiger partial charge in [0.15, 0.2) is 6.10 Å². The summed E-state index contributed by atoms with van der Waals surface area (Å²) in [7, 11) is -4.37. The van der Waals surface area contributed by atoms with Gasteiger partial charge in [-0.05, 0) is 38.5 Å². The van der Waals surface area contributed by atoms with E-state index in [1.807, 2.05) is 0 Å². The molecule has 0 spiro atoms. The second-order valence-electron chi connectivity index (χ2n) is 16.7. The van der Waals surface area contributed by atoms with Gasteiger partial charge in [-0.1, -0.05) is 212 Å². The number of nitrogens with two attached hydrogens (primary N) is 1. The molecule has 0 aliphatic rings. The quantitative estimate of drug-likeness (QED) is 0.0266. The van der Waals surface area contributed by atoms with E-state index in [-0.39, 0.29) is 38.6 Å². The zero-order valence-corrected chi connectivity index (χ0v) is 38.9. The summed E-state index contributed by atoms with van der Waals surface area (Å²) in [6.45, 7) is 3.78. The number of hydrogen-bond donors (Lipinski definition) is 2. The molecule has 0 rings (SSSR count). The fraction of sp³-hybridized carbons (Fsp3) is 0.917. The Labute approximate surface area is 358 Å². The average molecular weight is 844 g/mol. The highest BCUT2D eigenvalue weighted by molar-refractivity contribution is 7.47. The van der Waals surface area contributed by atoms with E-state index in [0.29, 0.717) is 6.42 Å². The van der Waals surface area contributed by atoms with E-state index >= 15 is 0 Å². The molecule has 10 heteroatoms. The van der Waals surface area contributed by atoms with Crippen molar-refractivity contribution in [3.8, 4) is 0 Å². The molecule has 0 aliphatic heterocycles. The first-order valence-electron chi connectivity index (χ1n) is 24.7. The van der Waals surface area contributed by atoms with Crippen LogP contribution in [0.1, 0.15) is 251 Å². The summed E-state index contributed by atoms with van der Waals surface area (Å²) < 4.78 is 32.9. The highest BCUT2D eigenvalue weighted by atomic mass is 31.2. The minimum Gasteiger partial charge on any atom is -0.462 e. The first-order chi connectivity index (χ1) is 28.3. The number of esters is 2. The number of rotatable bonds is 47. The Hall–Kier alpha value is -1.25. The molecule has 58 heavy (non-hydrogen) atoms. The Bertz CT molecular complexity index is 964. The first-order valence-corrected chi connectivity index (χ1v) is 26.2. The van der Waals surface area contributed by atoms with E-state index in [4.69, 9.17) is 24.3 Å². The van der Waals surface area contributed by atoms with Gasteiger partial charge in [-0.25, -0.2) is 4.57 Å².